The van der Waals surface area contributed by atoms with Crippen molar-refractivity contribution in [2.24, 2.45) is 5.92 Å². The molecule has 0 heterocycles. The highest BCUT2D eigenvalue weighted by Crippen LogP contribution is 2.28. The summed E-state index contributed by atoms with van der Waals surface area (Å²) in [7, 11) is 0. The number of unbranched alkanes of at least 4 members (excludes halogenated alkanes) is 1. The van der Waals surface area contributed by atoms with Gasteiger partial charge in [-0.05, 0) is 18.8 Å². The zero-order chi connectivity index (χ0) is 11.1. The van der Waals surface area contributed by atoms with Crippen LogP contribution in [0.4, 0.5) is 0 Å². The highest BCUT2D eigenvalue weighted by molar-refractivity contribution is 5.74. The third kappa shape index (κ3) is 4.65. The first-order valence-corrected chi connectivity index (χ1v) is 6.08. The standard InChI is InChI=1S/C12H22O3/c1-2-3-8-15-12(14)11(13)9-10-6-4-5-7-10/h10-11,13H,2-9H2,1H3/t11-/m1/s1. The number of carbonyl (C=O) groups is 1. The zero-order valence-electron chi connectivity index (χ0n) is 9.58. The molecule has 0 radical (unpaired) electrons. The smallest absolute Gasteiger partial charge is 0.334 e. The van der Waals surface area contributed by atoms with Crippen molar-refractivity contribution < 1.29 is 14.6 Å². The van der Waals surface area contributed by atoms with Crippen molar-refractivity contribution in [3.05, 3.63) is 0 Å². The van der Waals surface area contributed by atoms with Crippen molar-refractivity contribution in [2.75, 3.05) is 6.61 Å². The van der Waals surface area contributed by atoms with E-state index in [1.165, 1.54) is 12.8 Å². The molecule has 0 bridgehead atoms. The number of ether oxygens (including phenoxy) is 1. The van der Waals surface area contributed by atoms with E-state index in [1.807, 2.05) is 6.92 Å². The lowest BCUT2D eigenvalue weighted by atomic mass is 10.0. The molecule has 88 valence electrons. The second kappa shape index (κ2) is 6.83. The summed E-state index contributed by atoms with van der Waals surface area (Å²) in [6.07, 6.45) is 6.35. The zero-order valence-corrected chi connectivity index (χ0v) is 9.58. The van der Waals surface area contributed by atoms with Gasteiger partial charge in [-0.15, -0.1) is 0 Å². The van der Waals surface area contributed by atoms with Crippen molar-refractivity contribution in [3.63, 3.8) is 0 Å². The Kier molecular flexibility index (Phi) is 5.69. The summed E-state index contributed by atoms with van der Waals surface area (Å²) in [5.41, 5.74) is 0. The predicted octanol–water partition coefficient (Wildman–Crippen LogP) is 2.27. The van der Waals surface area contributed by atoms with E-state index in [4.69, 9.17) is 4.74 Å². The summed E-state index contributed by atoms with van der Waals surface area (Å²) in [6.45, 7) is 2.49. The maximum atomic E-state index is 11.3. The van der Waals surface area contributed by atoms with Gasteiger partial charge in [0.15, 0.2) is 6.10 Å². The quantitative estimate of drug-likeness (QED) is 0.545. The Morgan fingerprint density at radius 1 is 1.47 bits per heavy atom. The van der Waals surface area contributed by atoms with Gasteiger partial charge in [0.2, 0.25) is 0 Å². The molecule has 1 fully saturated rings. The van der Waals surface area contributed by atoms with E-state index in [9.17, 15) is 9.90 Å². The molecule has 0 amide bonds. The van der Waals surface area contributed by atoms with Crippen LogP contribution >= 0.6 is 0 Å². The summed E-state index contributed by atoms with van der Waals surface area (Å²) in [4.78, 5) is 11.3. The van der Waals surface area contributed by atoms with Crippen molar-refractivity contribution in [1.82, 2.24) is 0 Å². The van der Waals surface area contributed by atoms with Gasteiger partial charge in [-0.3, -0.25) is 0 Å². The Morgan fingerprint density at radius 2 is 2.13 bits per heavy atom. The van der Waals surface area contributed by atoms with E-state index in [-0.39, 0.29) is 0 Å². The van der Waals surface area contributed by atoms with Gasteiger partial charge in [0.25, 0.3) is 0 Å². The van der Waals surface area contributed by atoms with Crippen molar-refractivity contribution in [2.45, 2.75) is 58.0 Å². The first-order chi connectivity index (χ1) is 7.24. The largest absolute Gasteiger partial charge is 0.464 e. The van der Waals surface area contributed by atoms with Crippen LogP contribution in [-0.4, -0.2) is 23.8 Å². The number of hydrogen-bond donors (Lipinski definition) is 1. The molecule has 0 aromatic carbocycles. The van der Waals surface area contributed by atoms with Crippen LogP contribution in [0, 0.1) is 5.92 Å². The Hall–Kier alpha value is -0.570. The minimum Gasteiger partial charge on any atom is -0.464 e. The molecular weight excluding hydrogens is 192 g/mol. The number of aliphatic hydroxyl groups is 1. The second-order valence-electron chi connectivity index (χ2n) is 4.42. The van der Waals surface area contributed by atoms with Gasteiger partial charge in [0.1, 0.15) is 0 Å². The van der Waals surface area contributed by atoms with E-state index in [2.05, 4.69) is 0 Å². The molecule has 0 aliphatic heterocycles. The summed E-state index contributed by atoms with van der Waals surface area (Å²) >= 11 is 0. The molecule has 0 spiro atoms. The summed E-state index contributed by atoms with van der Waals surface area (Å²) in [5.74, 6) is 0.0917. The van der Waals surface area contributed by atoms with Crippen LogP contribution in [0.5, 0.6) is 0 Å². The van der Waals surface area contributed by atoms with Crippen LogP contribution in [0.2, 0.25) is 0 Å². The summed E-state index contributed by atoms with van der Waals surface area (Å²) < 4.78 is 4.97. The third-order valence-corrected chi connectivity index (χ3v) is 3.05. The van der Waals surface area contributed by atoms with Gasteiger partial charge in [-0.25, -0.2) is 4.79 Å². The van der Waals surface area contributed by atoms with Crippen LogP contribution in [0.25, 0.3) is 0 Å². The molecule has 0 saturated heterocycles. The van der Waals surface area contributed by atoms with E-state index in [0.717, 1.165) is 25.7 Å². The highest BCUT2D eigenvalue weighted by Gasteiger charge is 2.23. The number of hydrogen-bond acceptors (Lipinski definition) is 3. The fourth-order valence-corrected chi connectivity index (χ4v) is 2.07. The lowest BCUT2D eigenvalue weighted by Crippen LogP contribution is -2.25. The first-order valence-electron chi connectivity index (χ1n) is 6.08. The monoisotopic (exact) mass is 214 g/mol. The fourth-order valence-electron chi connectivity index (χ4n) is 2.07. The van der Waals surface area contributed by atoms with Crippen molar-refractivity contribution in [3.8, 4) is 0 Å². The molecule has 1 rings (SSSR count). The minimum absolute atomic E-state index is 0.435. The van der Waals surface area contributed by atoms with Gasteiger partial charge in [-0.1, -0.05) is 39.0 Å². The average Bonchev–Trinajstić information content (AvgIpc) is 2.70. The van der Waals surface area contributed by atoms with Gasteiger partial charge < -0.3 is 9.84 Å². The van der Waals surface area contributed by atoms with Crippen LogP contribution in [-0.2, 0) is 9.53 Å². The lowest BCUT2D eigenvalue weighted by Gasteiger charge is -2.14. The number of esters is 1. The van der Waals surface area contributed by atoms with Gasteiger partial charge >= 0.3 is 5.97 Å². The van der Waals surface area contributed by atoms with Gasteiger partial charge in [0, 0.05) is 0 Å². The van der Waals surface area contributed by atoms with E-state index in [0.29, 0.717) is 18.9 Å². The fraction of sp³-hybridized carbons (Fsp3) is 0.917. The molecule has 1 N–H and O–H groups in total. The summed E-state index contributed by atoms with van der Waals surface area (Å²) in [6, 6.07) is 0. The first kappa shape index (κ1) is 12.5. The number of rotatable bonds is 6. The molecule has 0 aromatic heterocycles. The maximum Gasteiger partial charge on any atom is 0.334 e. The Bertz CT molecular complexity index is 185. The SMILES string of the molecule is CCCCOC(=O)[C@H](O)CC1CCCC1. The number of aliphatic hydroxyl groups excluding tert-OH is 1. The van der Waals surface area contributed by atoms with Crippen molar-refractivity contribution in [1.29, 1.82) is 0 Å². The van der Waals surface area contributed by atoms with Crippen LogP contribution in [0.1, 0.15) is 51.9 Å². The molecular formula is C12H22O3. The van der Waals surface area contributed by atoms with E-state index < -0.39 is 12.1 Å². The normalized spacial score (nSPS) is 19.1. The van der Waals surface area contributed by atoms with Gasteiger partial charge in [-0.2, -0.15) is 0 Å². The average molecular weight is 214 g/mol. The molecule has 1 aliphatic carbocycles. The van der Waals surface area contributed by atoms with Crippen LogP contribution in [0.3, 0.4) is 0 Å². The Balaban J connectivity index is 2.14. The third-order valence-electron chi connectivity index (χ3n) is 3.05. The molecule has 0 unspecified atom stereocenters. The highest BCUT2D eigenvalue weighted by atomic mass is 16.5. The van der Waals surface area contributed by atoms with E-state index in [1.54, 1.807) is 0 Å². The maximum absolute atomic E-state index is 11.3. The van der Waals surface area contributed by atoms with Crippen LogP contribution in [0.15, 0.2) is 0 Å². The predicted molar refractivity (Wildman–Crippen MR) is 58.4 cm³/mol. The Morgan fingerprint density at radius 3 is 2.73 bits per heavy atom. The van der Waals surface area contributed by atoms with Crippen LogP contribution < -0.4 is 0 Å². The molecule has 3 nitrogen and oxygen atoms in total. The Labute approximate surface area is 91.8 Å². The molecule has 15 heavy (non-hydrogen) atoms. The molecule has 1 saturated carbocycles. The summed E-state index contributed by atoms with van der Waals surface area (Å²) in [5, 5.41) is 9.60. The van der Waals surface area contributed by atoms with Gasteiger partial charge in [0.05, 0.1) is 6.61 Å². The minimum atomic E-state index is -0.898. The lowest BCUT2D eigenvalue weighted by molar-refractivity contribution is -0.154. The molecule has 1 atom stereocenters. The molecule has 3 heteroatoms. The second-order valence-corrected chi connectivity index (χ2v) is 4.42. The topological polar surface area (TPSA) is 46.5 Å². The number of carbonyl (C=O) groups excluding carboxylic acids is 1. The molecule has 0 aromatic rings. The van der Waals surface area contributed by atoms with E-state index >= 15 is 0 Å². The van der Waals surface area contributed by atoms with Crippen molar-refractivity contribution >= 4 is 5.97 Å². The molecule has 1 aliphatic rings.